The largest absolute Gasteiger partial charge is 0.368 e. The van der Waals surface area contributed by atoms with Crippen molar-refractivity contribution in [1.29, 1.82) is 0 Å². The Kier molecular flexibility index (Phi) is 5.19. The fourth-order valence-corrected chi connectivity index (χ4v) is 3.32. The van der Waals surface area contributed by atoms with Gasteiger partial charge in [0.2, 0.25) is 5.91 Å². The zero-order chi connectivity index (χ0) is 16.9. The first kappa shape index (κ1) is 16.6. The monoisotopic (exact) mass is 322 g/mol. The summed E-state index contributed by atoms with van der Waals surface area (Å²) in [6.45, 7) is 7.69. The van der Waals surface area contributed by atoms with Crippen LogP contribution in [0.2, 0.25) is 0 Å². The summed E-state index contributed by atoms with van der Waals surface area (Å²) in [5, 5.41) is 0. The van der Waals surface area contributed by atoms with Gasteiger partial charge in [-0.15, -0.1) is 0 Å². The van der Waals surface area contributed by atoms with Gasteiger partial charge in [-0.05, 0) is 43.5 Å². The minimum atomic E-state index is 0.278. The van der Waals surface area contributed by atoms with E-state index in [1.807, 2.05) is 4.90 Å². The fraction of sp³-hybridized carbons (Fsp3) is 0.381. The number of nitrogens with zero attached hydrogens (tertiary/aromatic N) is 2. The predicted molar refractivity (Wildman–Crippen MR) is 99.5 cm³/mol. The number of rotatable bonds is 4. The van der Waals surface area contributed by atoms with Gasteiger partial charge in [-0.25, -0.2) is 0 Å². The third-order valence-corrected chi connectivity index (χ3v) is 4.71. The van der Waals surface area contributed by atoms with Crippen LogP contribution in [0.4, 0.5) is 5.69 Å². The van der Waals surface area contributed by atoms with E-state index in [9.17, 15) is 4.79 Å². The van der Waals surface area contributed by atoms with Crippen molar-refractivity contribution in [3.05, 3.63) is 65.2 Å². The van der Waals surface area contributed by atoms with Gasteiger partial charge in [0, 0.05) is 38.3 Å². The maximum absolute atomic E-state index is 12.5. The third kappa shape index (κ3) is 4.16. The van der Waals surface area contributed by atoms with E-state index in [-0.39, 0.29) is 5.91 Å². The number of hydrogen-bond donors (Lipinski definition) is 0. The molecule has 1 saturated heterocycles. The van der Waals surface area contributed by atoms with Crippen molar-refractivity contribution in [3.8, 4) is 0 Å². The Morgan fingerprint density at radius 3 is 2.25 bits per heavy atom. The van der Waals surface area contributed by atoms with Gasteiger partial charge in [-0.2, -0.15) is 0 Å². The average Bonchev–Trinajstić information content (AvgIpc) is 2.60. The van der Waals surface area contributed by atoms with E-state index >= 15 is 0 Å². The molecular weight excluding hydrogens is 296 g/mol. The Bertz CT molecular complexity index is 702. The number of carbonyl (C=O) groups excluding carboxylic acids is 1. The Balaban J connectivity index is 1.50. The molecule has 0 radical (unpaired) electrons. The number of amides is 1. The number of hydrogen-bond acceptors (Lipinski definition) is 2. The molecule has 126 valence electrons. The lowest BCUT2D eigenvalue weighted by Crippen LogP contribution is -2.48. The van der Waals surface area contributed by atoms with Crippen LogP contribution in [0.15, 0.2) is 48.5 Å². The highest BCUT2D eigenvalue weighted by molar-refractivity contribution is 5.76. The van der Waals surface area contributed by atoms with Crippen molar-refractivity contribution in [2.75, 3.05) is 31.1 Å². The lowest BCUT2D eigenvalue weighted by molar-refractivity contribution is -0.131. The van der Waals surface area contributed by atoms with Crippen LogP contribution >= 0.6 is 0 Å². The van der Waals surface area contributed by atoms with Gasteiger partial charge >= 0.3 is 0 Å². The second kappa shape index (κ2) is 7.52. The van der Waals surface area contributed by atoms with Crippen LogP contribution in [-0.4, -0.2) is 37.0 Å². The van der Waals surface area contributed by atoms with Crippen molar-refractivity contribution < 1.29 is 4.79 Å². The van der Waals surface area contributed by atoms with E-state index in [2.05, 4.69) is 67.3 Å². The van der Waals surface area contributed by atoms with E-state index in [0.29, 0.717) is 6.42 Å². The highest BCUT2D eigenvalue weighted by Crippen LogP contribution is 2.18. The SMILES string of the molecule is Cc1cccc(CCC(=O)N2CCN(c3cccc(C)c3)CC2)c1. The number of aryl methyl sites for hydroxylation is 3. The molecule has 3 heteroatoms. The average molecular weight is 322 g/mol. The first-order chi connectivity index (χ1) is 11.6. The summed E-state index contributed by atoms with van der Waals surface area (Å²) >= 11 is 0. The summed E-state index contributed by atoms with van der Waals surface area (Å²) < 4.78 is 0. The molecule has 3 rings (SSSR count). The summed E-state index contributed by atoms with van der Waals surface area (Å²) in [5.74, 6) is 0.278. The predicted octanol–water partition coefficient (Wildman–Crippen LogP) is 3.58. The summed E-state index contributed by atoms with van der Waals surface area (Å²) in [5.41, 5.74) is 5.06. The first-order valence-electron chi connectivity index (χ1n) is 8.77. The van der Waals surface area contributed by atoms with Gasteiger partial charge in [-0.3, -0.25) is 4.79 Å². The molecule has 0 atom stereocenters. The van der Waals surface area contributed by atoms with Gasteiger partial charge in [0.1, 0.15) is 0 Å². The van der Waals surface area contributed by atoms with Crippen molar-refractivity contribution in [2.24, 2.45) is 0 Å². The zero-order valence-corrected chi connectivity index (χ0v) is 14.7. The quantitative estimate of drug-likeness (QED) is 0.859. The van der Waals surface area contributed by atoms with Crippen LogP contribution < -0.4 is 4.90 Å². The van der Waals surface area contributed by atoms with Crippen LogP contribution in [0.25, 0.3) is 0 Å². The molecule has 24 heavy (non-hydrogen) atoms. The molecule has 0 bridgehead atoms. The molecule has 1 aliphatic rings. The Morgan fingerprint density at radius 2 is 1.58 bits per heavy atom. The normalized spacial score (nSPS) is 14.8. The summed E-state index contributed by atoms with van der Waals surface area (Å²) in [4.78, 5) is 16.8. The molecule has 2 aromatic rings. The molecule has 0 saturated carbocycles. The Morgan fingerprint density at radius 1 is 0.917 bits per heavy atom. The van der Waals surface area contributed by atoms with Gasteiger partial charge in [-0.1, -0.05) is 42.0 Å². The number of piperazine rings is 1. The van der Waals surface area contributed by atoms with E-state index in [0.717, 1.165) is 32.6 Å². The molecule has 1 heterocycles. The molecule has 0 aliphatic carbocycles. The van der Waals surface area contributed by atoms with Crippen LogP contribution in [-0.2, 0) is 11.2 Å². The maximum atomic E-state index is 12.5. The molecular formula is C21H26N2O. The summed E-state index contributed by atoms with van der Waals surface area (Å²) in [6, 6.07) is 17.0. The minimum absolute atomic E-state index is 0.278. The molecule has 2 aromatic carbocycles. The van der Waals surface area contributed by atoms with E-state index in [4.69, 9.17) is 0 Å². The van der Waals surface area contributed by atoms with E-state index in [1.165, 1.54) is 22.4 Å². The molecule has 0 N–H and O–H groups in total. The first-order valence-corrected chi connectivity index (χ1v) is 8.77. The number of carbonyl (C=O) groups is 1. The van der Waals surface area contributed by atoms with E-state index in [1.54, 1.807) is 0 Å². The fourth-order valence-electron chi connectivity index (χ4n) is 3.32. The molecule has 1 aliphatic heterocycles. The van der Waals surface area contributed by atoms with Gasteiger partial charge in [0.25, 0.3) is 0 Å². The van der Waals surface area contributed by atoms with Gasteiger partial charge in [0.05, 0.1) is 0 Å². The maximum Gasteiger partial charge on any atom is 0.223 e. The van der Waals surface area contributed by atoms with Crippen molar-refractivity contribution in [2.45, 2.75) is 26.7 Å². The minimum Gasteiger partial charge on any atom is -0.368 e. The molecule has 0 aromatic heterocycles. The van der Waals surface area contributed by atoms with Crippen LogP contribution in [0.5, 0.6) is 0 Å². The third-order valence-electron chi connectivity index (χ3n) is 4.71. The second-order valence-corrected chi connectivity index (χ2v) is 6.70. The summed E-state index contributed by atoms with van der Waals surface area (Å²) in [6.07, 6.45) is 1.44. The van der Waals surface area contributed by atoms with Crippen molar-refractivity contribution in [3.63, 3.8) is 0 Å². The standard InChI is InChI=1S/C21H26N2O/c1-17-5-3-7-19(15-17)9-10-21(24)23-13-11-22(12-14-23)20-8-4-6-18(2)16-20/h3-8,15-16H,9-14H2,1-2H3. The molecule has 1 fully saturated rings. The molecule has 0 spiro atoms. The molecule has 3 nitrogen and oxygen atoms in total. The Hall–Kier alpha value is -2.29. The Labute approximate surface area is 144 Å². The van der Waals surface area contributed by atoms with Crippen molar-refractivity contribution >= 4 is 11.6 Å². The molecule has 0 unspecified atom stereocenters. The van der Waals surface area contributed by atoms with Gasteiger partial charge in [0.15, 0.2) is 0 Å². The van der Waals surface area contributed by atoms with Crippen LogP contribution in [0, 0.1) is 13.8 Å². The van der Waals surface area contributed by atoms with Crippen molar-refractivity contribution in [1.82, 2.24) is 4.90 Å². The lowest BCUT2D eigenvalue weighted by Gasteiger charge is -2.36. The van der Waals surface area contributed by atoms with Gasteiger partial charge < -0.3 is 9.80 Å². The smallest absolute Gasteiger partial charge is 0.223 e. The highest BCUT2D eigenvalue weighted by Gasteiger charge is 2.21. The number of anilines is 1. The molecule has 1 amide bonds. The van der Waals surface area contributed by atoms with Crippen LogP contribution in [0.1, 0.15) is 23.1 Å². The summed E-state index contributed by atoms with van der Waals surface area (Å²) in [7, 11) is 0. The zero-order valence-electron chi connectivity index (χ0n) is 14.7. The topological polar surface area (TPSA) is 23.6 Å². The van der Waals surface area contributed by atoms with Crippen LogP contribution in [0.3, 0.4) is 0 Å². The van der Waals surface area contributed by atoms with E-state index < -0.39 is 0 Å². The number of benzene rings is 2. The second-order valence-electron chi connectivity index (χ2n) is 6.70. The highest BCUT2D eigenvalue weighted by atomic mass is 16.2. The lowest BCUT2D eigenvalue weighted by atomic mass is 10.1.